The average Bonchev–Trinajstić information content (AvgIpc) is 2.10. The maximum Gasteiger partial charge on any atom is 0.416 e. The van der Waals surface area contributed by atoms with E-state index < -0.39 is 23.4 Å². The first-order valence-electron chi connectivity index (χ1n) is 4.33. The van der Waals surface area contributed by atoms with Gasteiger partial charge in [-0.2, -0.15) is 13.2 Å². The highest BCUT2D eigenvalue weighted by Crippen LogP contribution is 2.34. The number of alkyl halides is 3. The monoisotopic (exact) mass is 224 g/mol. The van der Waals surface area contributed by atoms with Crippen LogP contribution in [0.15, 0.2) is 6.07 Å². The zero-order chi connectivity index (χ0) is 11.8. The van der Waals surface area contributed by atoms with Crippen molar-refractivity contribution in [1.29, 1.82) is 0 Å². The van der Waals surface area contributed by atoms with E-state index in [0.29, 0.717) is 0 Å². The third kappa shape index (κ3) is 2.11. The van der Waals surface area contributed by atoms with Crippen LogP contribution in [0.2, 0.25) is 0 Å². The lowest BCUT2D eigenvalue weighted by Gasteiger charge is -2.14. The van der Waals surface area contributed by atoms with E-state index in [-0.39, 0.29) is 23.6 Å². The lowest BCUT2D eigenvalue weighted by molar-refractivity contribution is -0.138. The first-order valence-corrected chi connectivity index (χ1v) is 4.33. The first kappa shape index (κ1) is 11.9. The average molecular weight is 224 g/mol. The molecule has 84 valence electrons. The number of hydrogen-bond donors (Lipinski definition) is 0. The topological polar surface area (TPSA) is 0 Å². The highest BCUT2D eigenvalue weighted by atomic mass is 19.4. The Morgan fingerprint density at radius 1 is 1.20 bits per heavy atom. The summed E-state index contributed by atoms with van der Waals surface area (Å²) in [5, 5.41) is 0. The van der Waals surface area contributed by atoms with Crippen LogP contribution in [0.3, 0.4) is 0 Å². The molecular formula is C10H9F5. The summed E-state index contributed by atoms with van der Waals surface area (Å²) in [5.41, 5.74) is -1.58. The molecule has 0 spiro atoms. The molecule has 0 aliphatic heterocycles. The number of benzene rings is 1. The summed E-state index contributed by atoms with van der Waals surface area (Å²) < 4.78 is 63.1. The Balaban J connectivity index is 3.51. The van der Waals surface area contributed by atoms with Crippen LogP contribution in [0.25, 0.3) is 0 Å². The number of hydrogen-bond acceptors (Lipinski definition) is 0. The quantitative estimate of drug-likeness (QED) is 0.635. The molecule has 0 unspecified atom stereocenters. The van der Waals surface area contributed by atoms with Gasteiger partial charge in [-0.25, -0.2) is 8.78 Å². The minimum atomic E-state index is -4.65. The molecule has 5 heteroatoms. The third-order valence-corrected chi connectivity index (χ3v) is 2.26. The van der Waals surface area contributed by atoms with Gasteiger partial charge in [0.05, 0.1) is 5.56 Å². The van der Waals surface area contributed by atoms with Crippen molar-refractivity contribution in [3.8, 4) is 0 Å². The summed E-state index contributed by atoms with van der Waals surface area (Å²) in [7, 11) is 0. The van der Waals surface area contributed by atoms with E-state index in [4.69, 9.17) is 0 Å². The molecule has 1 rings (SSSR count). The normalized spacial score (nSPS) is 11.9. The van der Waals surface area contributed by atoms with Gasteiger partial charge < -0.3 is 0 Å². The zero-order valence-electron chi connectivity index (χ0n) is 8.17. The van der Waals surface area contributed by atoms with Crippen molar-refractivity contribution in [2.24, 2.45) is 0 Å². The zero-order valence-corrected chi connectivity index (χ0v) is 8.17. The molecule has 0 aromatic heterocycles. The van der Waals surface area contributed by atoms with Gasteiger partial charge in [-0.1, -0.05) is 6.92 Å². The van der Waals surface area contributed by atoms with E-state index >= 15 is 0 Å². The molecule has 15 heavy (non-hydrogen) atoms. The second-order valence-corrected chi connectivity index (χ2v) is 3.17. The van der Waals surface area contributed by atoms with Gasteiger partial charge in [-0.3, -0.25) is 0 Å². The van der Waals surface area contributed by atoms with Gasteiger partial charge >= 0.3 is 6.18 Å². The van der Waals surface area contributed by atoms with Crippen LogP contribution >= 0.6 is 0 Å². The Hall–Kier alpha value is -1.13. The van der Waals surface area contributed by atoms with E-state index in [1.807, 2.05) is 0 Å². The second kappa shape index (κ2) is 3.79. The largest absolute Gasteiger partial charge is 0.416 e. The summed E-state index contributed by atoms with van der Waals surface area (Å²) in [6, 6.07) is 0.198. The summed E-state index contributed by atoms with van der Waals surface area (Å²) in [4.78, 5) is 0. The van der Waals surface area contributed by atoms with Crippen molar-refractivity contribution < 1.29 is 22.0 Å². The Bertz CT molecular complexity index is 378. The predicted octanol–water partition coefficient (Wildman–Crippen LogP) is 3.85. The molecule has 0 aliphatic rings. The Morgan fingerprint density at radius 2 is 1.73 bits per heavy atom. The highest BCUT2D eigenvalue weighted by molar-refractivity contribution is 5.37. The Labute approximate surface area is 83.7 Å². The van der Waals surface area contributed by atoms with Gasteiger partial charge in [0.1, 0.15) is 0 Å². The van der Waals surface area contributed by atoms with Crippen molar-refractivity contribution >= 4 is 0 Å². The van der Waals surface area contributed by atoms with Crippen LogP contribution in [-0.4, -0.2) is 0 Å². The number of rotatable bonds is 1. The molecule has 0 nitrogen and oxygen atoms in total. The first-order chi connectivity index (χ1) is 6.79. The minimum absolute atomic E-state index is 0.0263. The summed E-state index contributed by atoms with van der Waals surface area (Å²) in [5.74, 6) is -2.65. The highest BCUT2D eigenvalue weighted by Gasteiger charge is 2.34. The summed E-state index contributed by atoms with van der Waals surface area (Å²) in [6.07, 6.45) is -4.62. The molecule has 0 heterocycles. The van der Waals surface area contributed by atoms with Gasteiger partial charge in [0, 0.05) is 0 Å². The standard InChI is InChI=1S/C10H9F5/c1-3-6-5(2)7(10(13,14)15)4-8(11)9(6)12/h4H,3H2,1-2H3. The van der Waals surface area contributed by atoms with Crippen molar-refractivity contribution in [2.45, 2.75) is 26.4 Å². The van der Waals surface area contributed by atoms with Gasteiger partial charge in [-0.15, -0.1) is 0 Å². The van der Waals surface area contributed by atoms with Gasteiger partial charge in [0.2, 0.25) is 0 Å². The molecule has 0 fully saturated rings. The third-order valence-electron chi connectivity index (χ3n) is 2.26. The van der Waals surface area contributed by atoms with Crippen molar-refractivity contribution in [3.05, 3.63) is 34.4 Å². The molecule has 0 aliphatic carbocycles. The van der Waals surface area contributed by atoms with Gasteiger partial charge in [0.25, 0.3) is 0 Å². The van der Waals surface area contributed by atoms with E-state index in [1.165, 1.54) is 6.92 Å². The molecule has 0 saturated heterocycles. The lowest BCUT2D eigenvalue weighted by atomic mass is 9.99. The van der Waals surface area contributed by atoms with Crippen molar-refractivity contribution in [1.82, 2.24) is 0 Å². The number of halogens is 5. The van der Waals surface area contributed by atoms with E-state index in [1.54, 1.807) is 0 Å². The van der Waals surface area contributed by atoms with Crippen LogP contribution in [0.1, 0.15) is 23.6 Å². The fourth-order valence-corrected chi connectivity index (χ4v) is 1.48. The van der Waals surface area contributed by atoms with Gasteiger partial charge in [0.15, 0.2) is 11.6 Å². The smallest absolute Gasteiger partial charge is 0.204 e. The minimum Gasteiger partial charge on any atom is -0.204 e. The van der Waals surface area contributed by atoms with Crippen LogP contribution in [0, 0.1) is 18.6 Å². The van der Waals surface area contributed by atoms with Crippen LogP contribution in [0.4, 0.5) is 22.0 Å². The molecule has 0 radical (unpaired) electrons. The summed E-state index contributed by atoms with van der Waals surface area (Å²) >= 11 is 0. The van der Waals surface area contributed by atoms with Gasteiger partial charge in [-0.05, 0) is 30.5 Å². The fraction of sp³-hybridized carbons (Fsp3) is 0.400. The molecule has 0 N–H and O–H groups in total. The van der Waals surface area contributed by atoms with E-state index in [9.17, 15) is 22.0 Å². The molecule has 0 saturated carbocycles. The molecule has 0 atom stereocenters. The van der Waals surface area contributed by atoms with Crippen LogP contribution < -0.4 is 0 Å². The van der Waals surface area contributed by atoms with Crippen LogP contribution in [0.5, 0.6) is 0 Å². The second-order valence-electron chi connectivity index (χ2n) is 3.17. The van der Waals surface area contributed by atoms with E-state index in [0.717, 1.165) is 6.92 Å². The van der Waals surface area contributed by atoms with Crippen molar-refractivity contribution in [2.75, 3.05) is 0 Å². The molecular weight excluding hydrogens is 215 g/mol. The Morgan fingerprint density at radius 3 is 2.13 bits per heavy atom. The van der Waals surface area contributed by atoms with Crippen LogP contribution in [-0.2, 0) is 12.6 Å². The molecule has 1 aromatic rings. The summed E-state index contributed by atoms with van der Waals surface area (Å²) in [6.45, 7) is 2.62. The molecule has 1 aromatic carbocycles. The predicted molar refractivity (Wildman–Crippen MR) is 45.5 cm³/mol. The van der Waals surface area contributed by atoms with Crippen molar-refractivity contribution in [3.63, 3.8) is 0 Å². The molecule has 0 amide bonds. The molecule has 0 bridgehead atoms. The van der Waals surface area contributed by atoms with E-state index in [2.05, 4.69) is 0 Å². The fourth-order valence-electron chi connectivity index (χ4n) is 1.48. The lowest BCUT2D eigenvalue weighted by Crippen LogP contribution is -2.12. The maximum absolute atomic E-state index is 13.1. The maximum atomic E-state index is 13.1. The Kier molecular flexibility index (Phi) is 3.02. The SMILES string of the molecule is CCc1c(C)c(C(F)(F)F)cc(F)c1F.